The third kappa shape index (κ3) is 5.01. The highest BCUT2D eigenvalue weighted by atomic mass is 35.5. The molecule has 1 saturated heterocycles. The van der Waals surface area contributed by atoms with Gasteiger partial charge in [-0.25, -0.2) is 9.97 Å². The monoisotopic (exact) mass is 539 g/mol. The van der Waals surface area contributed by atoms with Crippen LogP contribution in [-0.2, 0) is 16.6 Å². The molecule has 0 unspecified atom stereocenters. The Morgan fingerprint density at radius 1 is 1.00 bits per heavy atom. The van der Waals surface area contributed by atoms with E-state index in [1.807, 2.05) is 47.4 Å². The highest BCUT2D eigenvalue weighted by molar-refractivity contribution is 6.30. The molecule has 3 aromatic carbocycles. The minimum atomic E-state index is -0.801. The Morgan fingerprint density at radius 3 is 2.51 bits per heavy atom. The standard InChI is InChI=1S/C32H30ClN3O3/c1-20-6-11-23(12-7-20)32-17-24(32)18-36(19-32)31(39)22-10-15-26-28(16-22)34-27(4-2-3-5-29(37)38)30(35-26)21-8-13-25(33)14-9-21/h6-16,24H,2-5,17-19H2,1H3,(H,37,38)/t24-,32+/m1/s1. The fraction of sp³-hybridized carbons (Fsp3) is 0.312. The number of rotatable bonds is 8. The smallest absolute Gasteiger partial charge is 0.303 e. The molecular formula is C32H30ClN3O3. The van der Waals surface area contributed by atoms with Crippen LogP contribution in [0.5, 0.6) is 0 Å². The van der Waals surface area contributed by atoms with E-state index in [1.165, 1.54) is 11.1 Å². The van der Waals surface area contributed by atoms with Gasteiger partial charge in [0.25, 0.3) is 5.91 Å². The van der Waals surface area contributed by atoms with Crippen LogP contribution in [0.1, 0.15) is 52.9 Å². The van der Waals surface area contributed by atoms with Crippen LogP contribution in [0.4, 0.5) is 0 Å². The topological polar surface area (TPSA) is 83.4 Å². The van der Waals surface area contributed by atoms with Gasteiger partial charge in [-0.2, -0.15) is 0 Å². The van der Waals surface area contributed by atoms with Crippen molar-refractivity contribution >= 4 is 34.5 Å². The molecule has 4 aromatic rings. The van der Waals surface area contributed by atoms with Crippen LogP contribution in [0.3, 0.4) is 0 Å². The first-order valence-corrected chi connectivity index (χ1v) is 13.8. The predicted octanol–water partition coefficient (Wildman–Crippen LogP) is 6.47. The Bertz CT molecular complexity index is 1570. The van der Waals surface area contributed by atoms with Gasteiger partial charge in [0.15, 0.2) is 0 Å². The van der Waals surface area contributed by atoms with E-state index in [1.54, 1.807) is 0 Å². The van der Waals surface area contributed by atoms with Crippen molar-refractivity contribution in [2.45, 2.75) is 44.4 Å². The average Bonchev–Trinajstić information content (AvgIpc) is 3.50. The third-order valence-electron chi connectivity index (χ3n) is 8.21. The van der Waals surface area contributed by atoms with Gasteiger partial charge in [0.05, 0.1) is 22.4 Å². The van der Waals surface area contributed by atoms with Gasteiger partial charge in [-0.1, -0.05) is 53.6 Å². The van der Waals surface area contributed by atoms with Crippen LogP contribution in [0.25, 0.3) is 22.3 Å². The number of aryl methyl sites for hydroxylation is 2. The lowest BCUT2D eigenvalue weighted by atomic mass is 9.94. The van der Waals surface area contributed by atoms with Crippen LogP contribution < -0.4 is 0 Å². The van der Waals surface area contributed by atoms with Gasteiger partial charge in [0.2, 0.25) is 0 Å². The second kappa shape index (κ2) is 10.1. The fourth-order valence-corrected chi connectivity index (χ4v) is 6.08. The van der Waals surface area contributed by atoms with Gasteiger partial charge >= 0.3 is 5.97 Å². The Morgan fingerprint density at radius 2 is 1.77 bits per heavy atom. The number of fused-ring (bicyclic) bond motifs is 2. The van der Waals surface area contributed by atoms with Crippen molar-refractivity contribution in [3.8, 4) is 11.3 Å². The Labute approximate surface area is 232 Å². The number of unbranched alkanes of at least 4 members (excludes halogenated alkanes) is 1. The van der Waals surface area contributed by atoms with E-state index in [4.69, 9.17) is 26.7 Å². The van der Waals surface area contributed by atoms with E-state index in [-0.39, 0.29) is 17.7 Å². The highest BCUT2D eigenvalue weighted by Gasteiger charge is 2.61. The Hall–Kier alpha value is -3.77. The molecule has 2 atom stereocenters. The van der Waals surface area contributed by atoms with Gasteiger partial charge in [-0.3, -0.25) is 9.59 Å². The lowest BCUT2D eigenvalue weighted by molar-refractivity contribution is -0.137. The van der Waals surface area contributed by atoms with Gasteiger partial charge in [-0.15, -0.1) is 0 Å². The summed E-state index contributed by atoms with van der Waals surface area (Å²) in [6.45, 7) is 3.62. The largest absolute Gasteiger partial charge is 0.481 e. The minimum absolute atomic E-state index is 0.0298. The van der Waals surface area contributed by atoms with Crippen molar-refractivity contribution in [2.75, 3.05) is 13.1 Å². The number of carbonyl (C=O) groups excluding carboxylic acids is 1. The number of carboxylic acids is 1. The van der Waals surface area contributed by atoms with Gasteiger partial charge in [0, 0.05) is 41.1 Å². The van der Waals surface area contributed by atoms with E-state index in [0.29, 0.717) is 46.8 Å². The summed E-state index contributed by atoms with van der Waals surface area (Å²) in [7, 11) is 0. The second-order valence-corrected chi connectivity index (χ2v) is 11.4. The van der Waals surface area contributed by atoms with E-state index in [9.17, 15) is 9.59 Å². The SMILES string of the molecule is Cc1ccc([C@@]23C[C@@H]2CN(C(=O)c2ccc4nc(-c5ccc(Cl)cc5)c(CCCCC(=O)O)nc4c2)C3)cc1. The number of aromatic nitrogens is 2. The summed E-state index contributed by atoms with van der Waals surface area (Å²) in [6, 6.07) is 21.8. The highest BCUT2D eigenvalue weighted by Crippen LogP contribution is 2.59. The normalized spacial score (nSPS) is 19.7. The Kier molecular flexibility index (Phi) is 6.59. The van der Waals surface area contributed by atoms with Crippen LogP contribution in [0, 0.1) is 12.8 Å². The number of piperidine rings is 1. The molecule has 2 fully saturated rings. The Balaban J connectivity index is 1.27. The summed E-state index contributed by atoms with van der Waals surface area (Å²) in [4.78, 5) is 36.4. The van der Waals surface area contributed by atoms with Crippen molar-refractivity contribution in [1.82, 2.24) is 14.9 Å². The number of hydrogen-bond acceptors (Lipinski definition) is 4. The molecular weight excluding hydrogens is 510 g/mol. The van der Waals surface area contributed by atoms with Crippen molar-refractivity contribution in [1.29, 1.82) is 0 Å². The summed E-state index contributed by atoms with van der Waals surface area (Å²) in [6.07, 6.45) is 3.10. The van der Waals surface area contributed by atoms with E-state index in [2.05, 4.69) is 31.2 Å². The van der Waals surface area contributed by atoms with Gasteiger partial charge < -0.3 is 10.0 Å². The molecule has 1 N–H and O–H groups in total. The summed E-state index contributed by atoms with van der Waals surface area (Å²) in [5.74, 6) is -0.254. The number of likely N-dealkylation sites (tertiary alicyclic amines) is 1. The molecule has 198 valence electrons. The molecule has 2 aliphatic rings. The first-order valence-electron chi connectivity index (χ1n) is 13.5. The molecule has 0 bridgehead atoms. The van der Waals surface area contributed by atoms with Crippen molar-refractivity contribution in [3.05, 3.63) is 94.1 Å². The van der Waals surface area contributed by atoms with Crippen LogP contribution in [0.2, 0.25) is 5.02 Å². The maximum Gasteiger partial charge on any atom is 0.303 e. The molecule has 1 amide bonds. The molecule has 7 heteroatoms. The average molecular weight is 540 g/mol. The van der Waals surface area contributed by atoms with Gasteiger partial charge in [-0.05, 0) is 74.4 Å². The minimum Gasteiger partial charge on any atom is -0.481 e. The molecule has 1 aliphatic heterocycles. The van der Waals surface area contributed by atoms with Gasteiger partial charge in [0.1, 0.15) is 0 Å². The zero-order valence-electron chi connectivity index (χ0n) is 21.9. The van der Waals surface area contributed by atoms with Crippen molar-refractivity contribution < 1.29 is 14.7 Å². The van der Waals surface area contributed by atoms with Crippen molar-refractivity contribution in [3.63, 3.8) is 0 Å². The number of halogens is 1. The third-order valence-corrected chi connectivity index (χ3v) is 8.47. The first kappa shape index (κ1) is 25.5. The maximum atomic E-state index is 13.6. The molecule has 6 nitrogen and oxygen atoms in total. The molecule has 1 aliphatic carbocycles. The lowest BCUT2D eigenvalue weighted by Crippen LogP contribution is -2.32. The van der Waals surface area contributed by atoms with E-state index >= 15 is 0 Å². The number of nitrogens with zero attached hydrogens (tertiary/aromatic N) is 3. The van der Waals surface area contributed by atoms with Crippen LogP contribution >= 0.6 is 11.6 Å². The van der Waals surface area contributed by atoms with E-state index < -0.39 is 5.97 Å². The lowest BCUT2D eigenvalue weighted by Gasteiger charge is -2.22. The predicted molar refractivity (Wildman–Crippen MR) is 152 cm³/mol. The molecule has 1 saturated carbocycles. The number of amides is 1. The number of benzene rings is 3. The molecule has 0 spiro atoms. The number of hydrogen-bond donors (Lipinski definition) is 1. The van der Waals surface area contributed by atoms with Crippen molar-refractivity contribution in [2.24, 2.45) is 5.92 Å². The fourth-order valence-electron chi connectivity index (χ4n) is 5.96. The number of carbonyl (C=O) groups is 2. The molecule has 39 heavy (non-hydrogen) atoms. The van der Waals surface area contributed by atoms with Crippen LogP contribution in [-0.4, -0.2) is 44.9 Å². The molecule has 0 radical (unpaired) electrons. The molecule has 6 rings (SSSR count). The first-order chi connectivity index (χ1) is 18.8. The van der Waals surface area contributed by atoms with E-state index in [0.717, 1.165) is 36.5 Å². The number of carboxylic acid groups (broad SMARTS) is 1. The summed E-state index contributed by atoms with van der Waals surface area (Å²) < 4.78 is 0. The second-order valence-electron chi connectivity index (χ2n) is 10.9. The summed E-state index contributed by atoms with van der Waals surface area (Å²) in [5.41, 5.74) is 7.13. The zero-order valence-corrected chi connectivity index (χ0v) is 22.6. The summed E-state index contributed by atoms with van der Waals surface area (Å²) >= 11 is 6.10. The van der Waals surface area contributed by atoms with Crippen LogP contribution in [0.15, 0.2) is 66.7 Å². The maximum absolute atomic E-state index is 13.6. The number of aliphatic carboxylic acids is 1. The zero-order chi connectivity index (χ0) is 27.1. The molecule has 2 heterocycles. The quantitative estimate of drug-likeness (QED) is 0.259. The summed E-state index contributed by atoms with van der Waals surface area (Å²) in [5, 5.41) is 9.66. The molecule has 1 aromatic heterocycles.